The minimum atomic E-state index is 0.656. The highest BCUT2D eigenvalue weighted by atomic mass is 79.9. The predicted molar refractivity (Wildman–Crippen MR) is 147 cm³/mol. The van der Waals surface area contributed by atoms with E-state index in [0.717, 1.165) is 26.7 Å². The molecule has 35 heavy (non-hydrogen) atoms. The van der Waals surface area contributed by atoms with E-state index in [4.69, 9.17) is 15.0 Å². The molecule has 1 heterocycles. The second-order valence-electron chi connectivity index (χ2n) is 8.29. The molecule has 0 saturated carbocycles. The lowest BCUT2D eigenvalue weighted by Gasteiger charge is -2.10. The van der Waals surface area contributed by atoms with Crippen LogP contribution >= 0.6 is 15.9 Å². The van der Waals surface area contributed by atoms with Crippen molar-refractivity contribution in [3.63, 3.8) is 0 Å². The van der Waals surface area contributed by atoms with Gasteiger partial charge in [-0.3, -0.25) is 0 Å². The highest BCUT2D eigenvalue weighted by molar-refractivity contribution is 9.10. The molecule has 0 aliphatic rings. The van der Waals surface area contributed by atoms with Crippen LogP contribution in [0.2, 0.25) is 0 Å². The zero-order valence-electron chi connectivity index (χ0n) is 18.8. The Bertz CT molecular complexity index is 1570. The van der Waals surface area contributed by atoms with Crippen molar-refractivity contribution in [2.24, 2.45) is 0 Å². The number of hydrogen-bond donors (Lipinski definition) is 0. The normalized spacial score (nSPS) is 11.0. The highest BCUT2D eigenvalue weighted by Gasteiger charge is 2.13. The van der Waals surface area contributed by atoms with Crippen LogP contribution in [0.3, 0.4) is 0 Å². The van der Waals surface area contributed by atoms with Crippen molar-refractivity contribution in [3.8, 4) is 45.3 Å². The van der Waals surface area contributed by atoms with Crippen LogP contribution < -0.4 is 0 Å². The van der Waals surface area contributed by atoms with Crippen LogP contribution in [-0.4, -0.2) is 15.0 Å². The van der Waals surface area contributed by atoms with Gasteiger partial charge in [0.15, 0.2) is 17.5 Å². The number of aromatic nitrogens is 3. The van der Waals surface area contributed by atoms with Crippen LogP contribution in [0.15, 0.2) is 126 Å². The molecule has 0 radical (unpaired) electrons. The van der Waals surface area contributed by atoms with E-state index >= 15 is 0 Å². The minimum Gasteiger partial charge on any atom is -0.208 e. The molecule has 6 rings (SSSR count). The second-order valence-corrected chi connectivity index (χ2v) is 9.21. The third kappa shape index (κ3) is 4.36. The number of rotatable bonds is 4. The number of hydrogen-bond acceptors (Lipinski definition) is 3. The van der Waals surface area contributed by atoms with Crippen LogP contribution in [0, 0.1) is 0 Å². The smallest absolute Gasteiger partial charge is 0.164 e. The largest absolute Gasteiger partial charge is 0.208 e. The van der Waals surface area contributed by atoms with Crippen molar-refractivity contribution in [1.82, 2.24) is 15.0 Å². The summed E-state index contributed by atoms with van der Waals surface area (Å²) < 4.78 is 1.06. The number of fused-ring (bicyclic) bond motifs is 1. The fourth-order valence-electron chi connectivity index (χ4n) is 4.25. The van der Waals surface area contributed by atoms with Crippen LogP contribution in [0.25, 0.3) is 56.1 Å². The van der Waals surface area contributed by atoms with Gasteiger partial charge in [0.1, 0.15) is 0 Å². The zero-order chi connectivity index (χ0) is 23.6. The highest BCUT2D eigenvalue weighted by Crippen LogP contribution is 2.33. The first kappa shape index (κ1) is 21.4. The molecule has 0 amide bonds. The average Bonchev–Trinajstić information content (AvgIpc) is 2.93. The van der Waals surface area contributed by atoms with Crippen LogP contribution in [0.1, 0.15) is 0 Å². The van der Waals surface area contributed by atoms with Gasteiger partial charge in [-0.15, -0.1) is 0 Å². The fraction of sp³-hybridized carbons (Fsp3) is 0. The summed E-state index contributed by atoms with van der Waals surface area (Å²) in [7, 11) is 0. The first-order valence-electron chi connectivity index (χ1n) is 11.4. The monoisotopic (exact) mass is 513 g/mol. The van der Waals surface area contributed by atoms with Crippen molar-refractivity contribution in [3.05, 3.63) is 126 Å². The topological polar surface area (TPSA) is 38.7 Å². The maximum absolute atomic E-state index is 4.84. The summed E-state index contributed by atoms with van der Waals surface area (Å²) >= 11 is 3.67. The van der Waals surface area contributed by atoms with E-state index in [1.165, 1.54) is 16.3 Å². The summed E-state index contributed by atoms with van der Waals surface area (Å²) in [6, 6.07) is 41.3. The molecule has 0 atom stereocenters. The fourth-order valence-corrected chi connectivity index (χ4v) is 4.72. The molecule has 0 spiro atoms. The lowest BCUT2D eigenvalue weighted by atomic mass is 9.97. The summed E-state index contributed by atoms with van der Waals surface area (Å²) in [4.78, 5) is 14.5. The van der Waals surface area contributed by atoms with Crippen molar-refractivity contribution < 1.29 is 0 Å². The van der Waals surface area contributed by atoms with E-state index in [-0.39, 0.29) is 0 Å². The van der Waals surface area contributed by atoms with Crippen molar-refractivity contribution in [1.29, 1.82) is 0 Å². The Labute approximate surface area is 212 Å². The molecule has 6 aromatic rings. The van der Waals surface area contributed by atoms with Gasteiger partial charge in [-0.25, -0.2) is 15.0 Å². The third-order valence-corrected chi connectivity index (χ3v) is 6.44. The summed E-state index contributed by atoms with van der Waals surface area (Å²) in [5.41, 5.74) is 5.21. The second kappa shape index (κ2) is 9.24. The Hall–Kier alpha value is -4.15. The molecular weight excluding hydrogens is 494 g/mol. The Kier molecular flexibility index (Phi) is 5.65. The van der Waals surface area contributed by atoms with Gasteiger partial charge in [0, 0.05) is 21.2 Å². The van der Waals surface area contributed by atoms with Crippen molar-refractivity contribution >= 4 is 26.7 Å². The summed E-state index contributed by atoms with van der Waals surface area (Å²) in [6.45, 7) is 0. The molecule has 1 aromatic heterocycles. The van der Waals surface area contributed by atoms with Gasteiger partial charge in [0.05, 0.1) is 0 Å². The molecule has 0 N–H and O–H groups in total. The van der Waals surface area contributed by atoms with E-state index in [0.29, 0.717) is 17.5 Å². The van der Waals surface area contributed by atoms with Gasteiger partial charge in [0.2, 0.25) is 0 Å². The number of nitrogens with zero attached hydrogens (tertiary/aromatic N) is 3. The maximum Gasteiger partial charge on any atom is 0.164 e. The average molecular weight is 514 g/mol. The van der Waals surface area contributed by atoms with Gasteiger partial charge in [0.25, 0.3) is 0 Å². The Morgan fingerprint density at radius 1 is 0.429 bits per heavy atom. The Balaban J connectivity index is 1.46. The van der Waals surface area contributed by atoms with Crippen LogP contribution in [-0.2, 0) is 0 Å². The van der Waals surface area contributed by atoms with Crippen molar-refractivity contribution in [2.45, 2.75) is 0 Å². The molecule has 0 saturated heterocycles. The van der Waals surface area contributed by atoms with Gasteiger partial charge < -0.3 is 0 Å². The molecule has 0 aliphatic carbocycles. The molecule has 5 aromatic carbocycles. The number of halogens is 1. The van der Waals surface area contributed by atoms with Crippen LogP contribution in [0.4, 0.5) is 0 Å². The first-order chi connectivity index (χ1) is 17.2. The lowest BCUT2D eigenvalue weighted by Crippen LogP contribution is -2.00. The van der Waals surface area contributed by atoms with Gasteiger partial charge >= 0.3 is 0 Å². The quantitative estimate of drug-likeness (QED) is 0.237. The van der Waals surface area contributed by atoms with E-state index in [1.807, 2.05) is 60.7 Å². The maximum atomic E-state index is 4.84. The Morgan fingerprint density at radius 2 is 0.886 bits per heavy atom. The summed E-state index contributed by atoms with van der Waals surface area (Å²) in [5.74, 6) is 1.98. The standard InChI is InChI=1S/C31H20BrN3/c32-26-19-25-13-7-8-14-27(25)28(20-26)21-15-17-24(18-16-21)31-34-29(22-9-3-1-4-10-22)33-30(35-31)23-11-5-2-6-12-23/h1-20H. The van der Waals surface area contributed by atoms with Gasteiger partial charge in [-0.1, -0.05) is 125 Å². The minimum absolute atomic E-state index is 0.656. The summed E-state index contributed by atoms with van der Waals surface area (Å²) in [5, 5.41) is 2.43. The SMILES string of the molecule is Brc1cc(-c2ccc(-c3nc(-c4ccccc4)nc(-c4ccccc4)n3)cc2)c2ccccc2c1. The van der Waals surface area contributed by atoms with E-state index in [2.05, 4.69) is 76.6 Å². The lowest BCUT2D eigenvalue weighted by molar-refractivity contribution is 1.07. The molecule has 0 fully saturated rings. The Morgan fingerprint density at radius 3 is 1.46 bits per heavy atom. The molecule has 0 aliphatic heterocycles. The molecule has 0 unspecified atom stereocenters. The third-order valence-electron chi connectivity index (χ3n) is 5.98. The molecule has 3 nitrogen and oxygen atoms in total. The van der Waals surface area contributed by atoms with Crippen molar-refractivity contribution in [2.75, 3.05) is 0 Å². The van der Waals surface area contributed by atoms with Gasteiger partial charge in [-0.2, -0.15) is 0 Å². The summed E-state index contributed by atoms with van der Waals surface area (Å²) in [6.07, 6.45) is 0. The molecule has 4 heteroatoms. The van der Waals surface area contributed by atoms with Crippen LogP contribution in [0.5, 0.6) is 0 Å². The number of benzene rings is 5. The molecule has 0 bridgehead atoms. The zero-order valence-corrected chi connectivity index (χ0v) is 20.4. The van der Waals surface area contributed by atoms with Gasteiger partial charge in [-0.05, 0) is 34.0 Å². The van der Waals surface area contributed by atoms with E-state index < -0.39 is 0 Å². The van der Waals surface area contributed by atoms with E-state index in [9.17, 15) is 0 Å². The predicted octanol–water partition coefficient (Wildman–Crippen LogP) is 8.46. The van der Waals surface area contributed by atoms with E-state index in [1.54, 1.807) is 0 Å². The molecular formula is C31H20BrN3. The first-order valence-corrected chi connectivity index (χ1v) is 12.2. The molecule has 166 valence electrons.